The maximum Gasteiger partial charge on any atom is 0.105 e. The van der Waals surface area contributed by atoms with Crippen molar-refractivity contribution in [1.29, 1.82) is 0 Å². The molecular weight excluding hydrogens is 246 g/mol. The van der Waals surface area contributed by atoms with E-state index in [1.165, 1.54) is 43.7 Å². The van der Waals surface area contributed by atoms with Gasteiger partial charge in [-0.05, 0) is 75.7 Å². The van der Waals surface area contributed by atoms with Crippen LogP contribution in [0.3, 0.4) is 0 Å². The van der Waals surface area contributed by atoms with E-state index in [4.69, 9.17) is 0 Å². The van der Waals surface area contributed by atoms with E-state index in [9.17, 15) is 0 Å². The predicted octanol–water partition coefficient (Wildman–Crippen LogP) is 2.98. The van der Waals surface area contributed by atoms with Gasteiger partial charge < -0.3 is 9.88 Å². The standard InChI is InChI=1S/C17H27N3/c1-11-19-16(8-18-2)9-20(11)10-17-14-4-12-3-13(6-14)7-15(17)5-12/h9,12-15,17-18H,3-8,10H2,1-2H3. The minimum Gasteiger partial charge on any atom is -0.335 e. The predicted molar refractivity (Wildman–Crippen MR) is 80.3 cm³/mol. The molecule has 1 aromatic rings. The molecule has 3 nitrogen and oxygen atoms in total. The van der Waals surface area contributed by atoms with Gasteiger partial charge in [-0.1, -0.05) is 0 Å². The summed E-state index contributed by atoms with van der Waals surface area (Å²) in [5.41, 5.74) is 1.19. The van der Waals surface area contributed by atoms with Crippen molar-refractivity contribution in [3.8, 4) is 0 Å². The van der Waals surface area contributed by atoms with Gasteiger partial charge in [0.15, 0.2) is 0 Å². The van der Waals surface area contributed by atoms with Crippen LogP contribution in [0.25, 0.3) is 0 Å². The van der Waals surface area contributed by atoms with Crippen molar-refractivity contribution in [2.24, 2.45) is 29.6 Å². The SMILES string of the molecule is CNCc1cn(CC2C3CC4CC(C3)CC2C4)c(C)n1. The Morgan fingerprint density at radius 1 is 1.15 bits per heavy atom. The topological polar surface area (TPSA) is 29.9 Å². The van der Waals surface area contributed by atoms with E-state index >= 15 is 0 Å². The molecule has 4 aliphatic rings. The molecule has 0 atom stereocenters. The van der Waals surface area contributed by atoms with Crippen LogP contribution < -0.4 is 5.32 Å². The number of imidazole rings is 1. The van der Waals surface area contributed by atoms with Crippen LogP contribution in [0.5, 0.6) is 0 Å². The molecule has 20 heavy (non-hydrogen) atoms. The summed E-state index contributed by atoms with van der Waals surface area (Å²) in [4.78, 5) is 4.68. The fourth-order valence-electron chi connectivity index (χ4n) is 5.59. The Kier molecular flexibility index (Phi) is 3.13. The van der Waals surface area contributed by atoms with Crippen molar-refractivity contribution in [2.75, 3.05) is 7.05 Å². The lowest BCUT2D eigenvalue weighted by atomic mass is 9.52. The minimum atomic E-state index is 0.884. The van der Waals surface area contributed by atoms with Crippen LogP contribution in [-0.4, -0.2) is 16.6 Å². The Hall–Kier alpha value is -0.830. The fourth-order valence-corrected chi connectivity index (χ4v) is 5.59. The molecular formula is C17H27N3. The number of aryl methyl sites for hydroxylation is 1. The van der Waals surface area contributed by atoms with Gasteiger partial charge in [-0.3, -0.25) is 0 Å². The minimum absolute atomic E-state index is 0.884. The third-order valence-corrected chi connectivity index (χ3v) is 6.21. The molecule has 0 aliphatic heterocycles. The van der Waals surface area contributed by atoms with Gasteiger partial charge in [-0.15, -0.1) is 0 Å². The molecule has 0 saturated heterocycles. The maximum atomic E-state index is 4.68. The lowest BCUT2D eigenvalue weighted by molar-refractivity contribution is -0.0432. The molecule has 0 radical (unpaired) electrons. The molecule has 0 aromatic carbocycles. The maximum absolute atomic E-state index is 4.68. The van der Waals surface area contributed by atoms with Gasteiger partial charge in [0.05, 0.1) is 5.69 Å². The number of nitrogens with zero attached hydrogens (tertiary/aromatic N) is 2. The highest BCUT2D eigenvalue weighted by molar-refractivity contribution is 5.05. The van der Waals surface area contributed by atoms with E-state index in [1.807, 2.05) is 7.05 Å². The molecule has 0 unspecified atom stereocenters. The van der Waals surface area contributed by atoms with Gasteiger partial charge >= 0.3 is 0 Å². The first-order valence-electron chi connectivity index (χ1n) is 8.40. The second kappa shape index (κ2) is 4.87. The molecule has 110 valence electrons. The van der Waals surface area contributed by atoms with E-state index in [2.05, 4.69) is 28.0 Å². The normalized spacial score (nSPS) is 38.6. The summed E-state index contributed by atoms with van der Waals surface area (Å²) in [5.74, 6) is 6.32. The zero-order valence-corrected chi connectivity index (χ0v) is 12.8. The second-order valence-corrected chi connectivity index (χ2v) is 7.56. The van der Waals surface area contributed by atoms with E-state index in [0.29, 0.717) is 0 Å². The van der Waals surface area contributed by atoms with Gasteiger partial charge in [-0.25, -0.2) is 4.98 Å². The summed E-state index contributed by atoms with van der Waals surface area (Å²) >= 11 is 0. The number of hydrogen-bond donors (Lipinski definition) is 1. The molecule has 4 fully saturated rings. The zero-order chi connectivity index (χ0) is 13.7. The van der Waals surface area contributed by atoms with Crippen LogP contribution in [0.4, 0.5) is 0 Å². The van der Waals surface area contributed by atoms with E-state index in [-0.39, 0.29) is 0 Å². The Bertz CT molecular complexity index is 462. The van der Waals surface area contributed by atoms with Crippen molar-refractivity contribution >= 4 is 0 Å². The van der Waals surface area contributed by atoms with Crippen LogP contribution in [-0.2, 0) is 13.1 Å². The Labute approximate surface area is 122 Å². The van der Waals surface area contributed by atoms with Gasteiger partial charge in [0.1, 0.15) is 5.82 Å². The van der Waals surface area contributed by atoms with Crippen LogP contribution >= 0.6 is 0 Å². The first kappa shape index (κ1) is 12.9. The molecule has 4 aliphatic carbocycles. The molecule has 4 saturated carbocycles. The third-order valence-electron chi connectivity index (χ3n) is 6.21. The van der Waals surface area contributed by atoms with Gasteiger partial charge in [-0.2, -0.15) is 0 Å². The fraction of sp³-hybridized carbons (Fsp3) is 0.824. The van der Waals surface area contributed by atoms with Gasteiger partial charge in [0, 0.05) is 19.3 Å². The van der Waals surface area contributed by atoms with Crippen molar-refractivity contribution in [2.45, 2.75) is 52.1 Å². The monoisotopic (exact) mass is 273 g/mol. The number of nitrogens with one attached hydrogen (secondary N) is 1. The Morgan fingerprint density at radius 2 is 1.80 bits per heavy atom. The number of rotatable bonds is 4. The molecule has 3 heteroatoms. The highest BCUT2D eigenvalue weighted by Crippen LogP contribution is 2.56. The largest absolute Gasteiger partial charge is 0.335 e. The second-order valence-electron chi connectivity index (χ2n) is 7.56. The van der Waals surface area contributed by atoms with Crippen molar-refractivity contribution < 1.29 is 0 Å². The number of aromatic nitrogens is 2. The average molecular weight is 273 g/mol. The first-order valence-corrected chi connectivity index (χ1v) is 8.40. The highest BCUT2D eigenvalue weighted by Gasteiger charge is 2.48. The number of hydrogen-bond acceptors (Lipinski definition) is 2. The van der Waals surface area contributed by atoms with Gasteiger partial charge in [0.2, 0.25) is 0 Å². The van der Waals surface area contributed by atoms with Crippen molar-refractivity contribution in [3.05, 3.63) is 17.7 Å². The summed E-state index contributed by atoms with van der Waals surface area (Å²) in [6.45, 7) is 4.27. The summed E-state index contributed by atoms with van der Waals surface area (Å²) < 4.78 is 2.43. The molecule has 1 heterocycles. The Balaban J connectivity index is 1.51. The molecule has 4 bridgehead atoms. The smallest absolute Gasteiger partial charge is 0.105 e. The van der Waals surface area contributed by atoms with E-state index in [0.717, 1.165) is 36.1 Å². The summed E-state index contributed by atoms with van der Waals surface area (Å²) in [6.07, 6.45) is 9.92. The summed E-state index contributed by atoms with van der Waals surface area (Å²) in [6, 6.07) is 0. The lowest BCUT2D eigenvalue weighted by Crippen LogP contribution is -2.46. The zero-order valence-electron chi connectivity index (χ0n) is 12.8. The lowest BCUT2D eigenvalue weighted by Gasteiger charge is -2.54. The van der Waals surface area contributed by atoms with Crippen LogP contribution in [0, 0.1) is 36.5 Å². The summed E-state index contributed by atoms with van der Waals surface area (Å²) in [7, 11) is 1.99. The van der Waals surface area contributed by atoms with Gasteiger partial charge in [0.25, 0.3) is 0 Å². The molecule has 1 N–H and O–H groups in total. The van der Waals surface area contributed by atoms with Crippen LogP contribution in [0.1, 0.15) is 43.6 Å². The first-order chi connectivity index (χ1) is 9.72. The average Bonchev–Trinajstić information content (AvgIpc) is 2.74. The Morgan fingerprint density at radius 3 is 2.40 bits per heavy atom. The molecule has 0 amide bonds. The van der Waals surface area contributed by atoms with Crippen molar-refractivity contribution in [1.82, 2.24) is 14.9 Å². The van der Waals surface area contributed by atoms with E-state index in [1.54, 1.807) is 6.42 Å². The quantitative estimate of drug-likeness (QED) is 0.914. The molecule has 0 spiro atoms. The van der Waals surface area contributed by atoms with E-state index < -0.39 is 0 Å². The highest BCUT2D eigenvalue weighted by atomic mass is 15.1. The van der Waals surface area contributed by atoms with Crippen molar-refractivity contribution in [3.63, 3.8) is 0 Å². The van der Waals surface area contributed by atoms with Crippen LogP contribution in [0.15, 0.2) is 6.20 Å². The molecule has 1 aromatic heterocycles. The molecule has 5 rings (SSSR count). The summed E-state index contributed by atoms with van der Waals surface area (Å²) in [5, 5.41) is 3.20. The van der Waals surface area contributed by atoms with Crippen LogP contribution in [0.2, 0.25) is 0 Å². The third kappa shape index (κ3) is 2.11.